The van der Waals surface area contributed by atoms with Crippen LogP contribution in [0.2, 0.25) is 0 Å². The Morgan fingerprint density at radius 3 is 2.39 bits per heavy atom. The maximum absolute atomic E-state index is 12.9. The van der Waals surface area contributed by atoms with Crippen LogP contribution in [-0.2, 0) is 26.0 Å². The van der Waals surface area contributed by atoms with Gasteiger partial charge < -0.3 is 9.64 Å². The number of ether oxygens (including phenoxy) is 1. The summed E-state index contributed by atoms with van der Waals surface area (Å²) in [4.78, 5) is 18.4. The standard InChI is InChI=1S/C21H20ClN3O4S2/c22-25(21-23-18(15-30-21)14-20(26)24-10-12-29-13-11-24)31(27,28)19-8-6-17(7-9-19)16-4-2-1-3-5-16/h1-9,15H,10-14H2. The van der Waals surface area contributed by atoms with E-state index in [4.69, 9.17) is 16.5 Å². The molecule has 2 heterocycles. The minimum Gasteiger partial charge on any atom is -0.378 e. The van der Waals surface area contributed by atoms with Crippen LogP contribution in [0.25, 0.3) is 11.1 Å². The number of nitrogens with zero attached hydrogens (tertiary/aromatic N) is 3. The summed E-state index contributed by atoms with van der Waals surface area (Å²) in [6.45, 7) is 2.13. The zero-order valence-electron chi connectivity index (χ0n) is 16.5. The highest BCUT2D eigenvalue weighted by Gasteiger charge is 2.27. The number of benzene rings is 2. The average Bonchev–Trinajstić information content (AvgIpc) is 3.28. The van der Waals surface area contributed by atoms with Gasteiger partial charge in [-0.25, -0.2) is 4.98 Å². The minimum absolute atomic E-state index is 0.0586. The second kappa shape index (κ2) is 9.35. The number of anilines is 1. The largest absolute Gasteiger partial charge is 0.378 e. The molecule has 1 amide bonds. The molecule has 1 saturated heterocycles. The third kappa shape index (κ3) is 4.90. The van der Waals surface area contributed by atoms with Gasteiger partial charge in [0.05, 0.1) is 30.2 Å². The van der Waals surface area contributed by atoms with E-state index in [9.17, 15) is 13.2 Å². The van der Waals surface area contributed by atoms with Crippen LogP contribution in [0.15, 0.2) is 64.9 Å². The lowest BCUT2D eigenvalue weighted by molar-refractivity contribution is -0.134. The Morgan fingerprint density at radius 1 is 1.06 bits per heavy atom. The SMILES string of the molecule is O=C(Cc1csc(N(Cl)S(=O)(=O)c2ccc(-c3ccccc3)cc2)n1)N1CCOCC1. The van der Waals surface area contributed by atoms with E-state index in [-0.39, 0.29) is 22.4 Å². The molecule has 4 rings (SSSR count). The molecule has 0 spiro atoms. The lowest BCUT2D eigenvalue weighted by Crippen LogP contribution is -2.41. The Morgan fingerprint density at radius 2 is 1.71 bits per heavy atom. The van der Waals surface area contributed by atoms with E-state index in [2.05, 4.69) is 4.98 Å². The van der Waals surface area contributed by atoms with Gasteiger partial charge in [-0.1, -0.05) is 42.5 Å². The van der Waals surface area contributed by atoms with Crippen molar-refractivity contribution in [3.8, 4) is 11.1 Å². The van der Waals surface area contributed by atoms with E-state index >= 15 is 0 Å². The number of rotatable bonds is 6. The number of hydrogen-bond acceptors (Lipinski definition) is 6. The molecule has 0 aliphatic carbocycles. The quantitative estimate of drug-likeness (QED) is 0.507. The number of thiazole rings is 1. The van der Waals surface area contributed by atoms with Crippen LogP contribution in [0.3, 0.4) is 0 Å². The Bertz CT molecular complexity index is 1140. The normalized spacial score (nSPS) is 14.4. The first-order valence-corrected chi connectivity index (χ1v) is 12.3. The topological polar surface area (TPSA) is 79.8 Å². The predicted molar refractivity (Wildman–Crippen MR) is 121 cm³/mol. The van der Waals surface area contributed by atoms with E-state index in [1.165, 1.54) is 12.1 Å². The number of amides is 1. The van der Waals surface area contributed by atoms with Crippen LogP contribution in [0.4, 0.5) is 5.13 Å². The van der Waals surface area contributed by atoms with Crippen molar-refractivity contribution in [2.75, 3.05) is 30.1 Å². The summed E-state index contributed by atoms with van der Waals surface area (Å²) in [7, 11) is -3.99. The molecule has 0 bridgehead atoms. The highest BCUT2D eigenvalue weighted by Crippen LogP contribution is 2.30. The van der Waals surface area contributed by atoms with Crippen molar-refractivity contribution in [2.45, 2.75) is 11.3 Å². The molecule has 0 unspecified atom stereocenters. The number of halogens is 1. The molecule has 7 nitrogen and oxygen atoms in total. The second-order valence-electron chi connectivity index (χ2n) is 6.90. The van der Waals surface area contributed by atoms with Gasteiger partial charge in [-0.15, -0.1) is 15.2 Å². The molecule has 1 aliphatic rings. The number of sulfonamides is 1. The fourth-order valence-electron chi connectivity index (χ4n) is 3.18. The van der Waals surface area contributed by atoms with Crippen molar-refractivity contribution in [3.05, 3.63) is 65.7 Å². The fraction of sp³-hybridized carbons (Fsp3) is 0.238. The van der Waals surface area contributed by atoms with Crippen LogP contribution >= 0.6 is 23.1 Å². The molecule has 1 aliphatic heterocycles. The summed E-state index contributed by atoms with van der Waals surface area (Å²) in [6, 6.07) is 16.2. The highest BCUT2D eigenvalue weighted by molar-refractivity contribution is 7.94. The Kier molecular flexibility index (Phi) is 6.57. The maximum Gasteiger partial charge on any atom is 0.280 e. The number of carbonyl (C=O) groups excluding carboxylic acids is 1. The molecule has 31 heavy (non-hydrogen) atoms. The van der Waals surface area contributed by atoms with Crippen LogP contribution in [-0.4, -0.2) is 50.5 Å². The van der Waals surface area contributed by atoms with Gasteiger partial charge in [0.2, 0.25) is 11.0 Å². The third-order valence-corrected chi connectivity index (χ3v) is 8.11. The van der Waals surface area contributed by atoms with Crippen LogP contribution in [0.5, 0.6) is 0 Å². The predicted octanol–water partition coefficient (Wildman–Crippen LogP) is 3.56. The number of morpholine rings is 1. The van der Waals surface area contributed by atoms with Gasteiger partial charge in [0.15, 0.2) is 0 Å². The Balaban J connectivity index is 1.47. The summed E-state index contributed by atoms with van der Waals surface area (Å²) in [5.74, 6) is -0.0689. The van der Waals surface area contributed by atoms with Crippen LogP contribution in [0, 0.1) is 0 Å². The van der Waals surface area contributed by atoms with Gasteiger partial charge >= 0.3 is 0 Å². The molecule has 10 heteroatoms. The van der Waals surface area contributed by atoms with E-state index in [0.29, 0.717) is 35.8 Å². The smallest absolute Gasteiger partial charge is 0.280 e. The van der Waals surface area contributed by atoms with Crippen LogP contribution < -0.4 is 3.82 Å². The lowest BCUT2D eigenvalue weighted by atomic mass is 10.1. The minimum atomic E-state index is -3.99. The first-order chi connectivity index (χ1) is 14.9. The summed E-state index contributed by atoms with van der Waals surface area (Å²) < 4.78 is 31.7. The fourth-order valence-corrected chi connectivity index (χ4v) is 5.54. The molecule has 1 aromatic heterocycles. The van der Waals surface area contributed by atoms with Crippen molar-refractivity contribution in [3.63, 3.8) is 0 Å². The molecule has 1 fully saturated rings. The molecule has 0 radical (unpaired) electrons. The summed E-state index contributed by atoms with van der Waals surface area (Å²) >= 11 is 7.25. The first-order valence-electron chi connectivity index (χ1n) is 9.62. The van der Waals surface area contributed by atoms with Crippen molar-refractivity contribution >= 4 is 44.2 Å². The van der Waals surface area contributed by atoms with Crippen LogP contribution in [0.1, 0.15) is 5.69 Å². The van der Waals surface area contributed by atoms with Gasteiger partial charge in [-0.05, 0) is 23.3 Å². The number of aromatic nitrogens is 1. The second-order valence-corrected chi connectivity index (χ2v) is 10.1. The third-order valence-electron chi connectivity index (χ3n) is 4.86. The molecule has 0 saturated carbocycles. The van der Waals surface area contributed by atoms with E-state index in [1.807, 2.05) is 30.3 Å². The zero-order chi connectivity index (χ0) is 21.8. The molecule has 2 aromatic carbocycles. The number of hydrogen-bond donors (Lipinski definition) is 0. The van der Waals surface area contributed by atoms with Gasteiger partial charge in [0, 0.05) is 30.2 Å². The maximum atomic E-state index is 12.9. The van der Waals surface area contributed by atoms with E-state index in [1.54, 1.807) is 22.4 Å². The first kappa shape index (κ1) is 21.8. The summed E-state index contributed by atoms with van der Waals surface area (Å²) in [5.41, 5.74) is 2.37. The number of carbonyl (C=O) groups is 1. The van der Waals surface area contributed by atoms with Gasteiger partial charge in [0.25, 0.3) is 10.0 Å². The van der Waals surface area contributed by atoms with Gasteiger partial charge in [0.1, 0.15) is 0 Å². The molecule has 162 valence electrons. The monoisotopic (exact) mass is 477 g/mol. The molecule has 3 aromatic rings. The molecular formula is C21H20ClN3O4S2. The van der Waals surface area contributed by atoms with Gasteiger partial charge in [-0.3, -0.25) is 4.79 Å². The van der Waals surface area contributed by atoms with Crippen molar-refractivity contribution in [1.29, 1.82) is 0 Å². The van der Waals surface area contributed by atoms with Crippen molar-refractivity contribution in [1.82, 2.24) is 9.88 Å². The zero-order valence-corrected chi connectivity index (χ0v) is 18.9. The van der Waals surface area contributed by atoms with Crippen molar-refractivity contribution in [2.24, 2.45) is 0 Å². The Labute approximate surface area is 190 Å². The summed E-state index contributed by atoms with van der Waals surface area (Å²) in [6.07, 6.45) is 0.0903. The van der Waals surface area contributed by atoms with Crippen molar-refractivity contribution < 1.29 is 17.9 Å². The van der Waals surface area contributed by atoms with E-state index in [0.717, 1.165) is 22.5 Å². The average molecular weight is 478 g/mol. The molecule has 0 atom stereocenters. The summed E-state index contributed by atoms with van der Waals surface area (Å²) in [5, 5.41) is 1.75. The highest BCUT2D eigenvalue weighted by atomic mass is 35.5. The Hall–Kier alpha value is -2.46. The van der Waals surface area contributed by atoms with Gasteiger partial charge in [-0.2, -0.15) is 8.42 Å². The molecule has 0 N–H and O–H groups in total. The van der Waals surface area contributed by atoms with E-state index < -0.39 is 10.0 Å². The molecular weight excluding hydrogens is 458 g/mol. The lowest BCUT2D eigenvalue weighted by Gasteiger charge is -2.26.